The van der Waals surface area contributed by atoms with Gasteiger partial charge in [0.15, 0.2) is 0 Å². The van der Waals surface area contributed by atoms with Crippen LogP contribution in [0.2, 0.25) is 0 Å². The molecule has 2 nitrogen and oxygen atoms in total. The van der Waals surface area contributed by atoms with Crippen molar-refractivity contribution < 1.29 is 4.39 Å². The Labute approximate surface area is 113 Å². The van der Waals surface area contributed by atoms with E-state index in [9.17, 15) is 4.39 Å². The van der Waals surface area contributed by atoms with Crippen LogP contribution in [-0.2, 0) is 12.0 Å². The molecule has 0 amide bonds. The van der Waals surface area contributed by atoms with Crippen molar-refractivity contribution in [2.45, 2.75) is 32.2 Å². The topological polar surface area (TPSA) is 38.9 Å². The lowest BCUT2D eigenvalue weighted by atomic mass is 9.88. The van der Waals surface area contributed by atoms with Crippen LogP contribution in [0.3, 0.4) is 0 Å². The van der Waals surface area contributed by atoms with E-state index in [2.05, 4.69) is 24.0 Å². The van der Waals surface area contributed by atoms with Gasteiger partial charge in [-0.1, -0.05) is 37.6 Å². The summed E-state index contributed by atoms with van der Waals surface area (Å²) in [4.78, 5) is 4.10. The van der Waals surface area contributed by atoms with Crippen molar-refractivity contribution in [1.82, 2.24) is 4.98 Å². The van der Waals surface area contributed by atoms with E-state index in [1.807, 2.05) is 19.1 Å². The Hall–Kier alpha value is -1.74. The van der Waals surface area contributed by atoms with Gasteiger partial charge in [-0.15, -0.1) is 0 Å². The van der Waals surface area contributed by atoms with E-state index in [0.717, 1.165) is 18.4 Å². The fourth-order valence-electron chi connectivity index (χ4n) is 2.17. The zero-order valence-corrected chi connectivity index (χ0v) is 11.4. The molecule has 2 aromatic rings. The van der Waals surface area contributed by atoms with E-state index in [1.165, 1.54) is 17.8 Å². The molecule has 19 heavy (non-hydrogen) atoms. The third-order valence-electron chi connectivity index (χ3n) is 3.32. The Morgan fingerprint density at radius 2 is 2.05 bits per heavy atom. The van der Waals surface area contributed by atoms with Crippen molar-refractivity contribution in [2.24, 2.45) is 5.73 Å². The summed E-state index contributed by atoms with van der Waals surface area (Å²) in [5.41, 5.74) is 8.61. The van der Waals surface area contributed by atoms with Gasteiger partial charge in [0.25, 0.3) is 0 Å². The third kappa shape index (κ3) is 2.99. The predicted octanol–water partition coefficient (Wildman–Crippen LogP) is 3.40. The lowest BCUT2D eigenvalue weighted by Gasteiger charge is -2.25. The third-order valence-corrected chi connectivity index (χ3v) is 3.32. The molecule has 0 aliphatic heterocycles. The summed E-state index contributed by atoms with van der Waals surface area (Å²) in [5.74, 6) is -0.348. The first-order chi connectivity index (χ1) is 9.04. The number of rotatable bonds is 4. The van der Waals surface area contributed by atoms with Crippen LogP contribution >= 0.6 is 0 Å². The maximum Gasteiger partial charge on any atom is 0.141 e. The Balaban J connectivity index is 2.37. The molecular formula is C16H19FN2. The zero-order chi connectivity index (χ0) is 13.9. The van der Waals surface area contributed by atoms with Gasteiger partial charge in [-0.2, -0.15) is 0 Å². The van der Waals surface area contributed by atoms with Crippen LogP contribution in [0.5, 0.6) is 0 Å². The maximum absolute atomic E-state index is 12.9. The summed E-state index contributed by atoms with van der Waals surface area (Å²) < 4.78 is 12.9. The van der Waals surface area contributed by atoms with E-state index >= 15 is 0 Å². The summed E-state index contributed by atoms with van der Waals surface area (Å²) >= 11 is 0. The molecule has 0 saturated heterocycles. The Morgan fingerprint density at radius 1 is 1.26 bits per heavy atom. The van der Waals surface area contributed by atoms with Crippen molar-refractivity contribution in [3.63, 3.8) is 0 Å². The molecule has 0 bridgehead atoms. The lowest BCUT2D eigenvalue weighted by Crippen LogP contribution is -2.35. The number of nitrogens with two attached hydrogens (primary N) is 1. The van der Waals surface area contributed by atoms with Crippen LogP contribution in [0.4, 0.5) is 4.39 Å². The summed E-state index contributed by atoms with van der Waals surface area (Å²) in [5, 5.41) is 0. The van der Waals surface area contributed by atoms with Gasteiger partial charge in [0, 0.05) is 0 Å². The molecule has 0 saturated carbocycles. The largest absolute Gasteiger partial charge is 0.317 e. The molecule has 1 atom stereocenters. The number of aryl methyl sites for hydroxylation is 1. The Morgan fingerprint density at radius 3 is 2.68 bits per heavy atom. The molecular weight excluding hydrogens is 239 g/mol. The summed E-state index contributed by atoms with van der Waals surface area (Å²) in [6, 6.07) is 11.2. The minimum Gasteiger partial charge on any atom is -0.317 e. The number of aromatic nitrogens is 1. The molecule has 0 aliphatic carbocycles. The zero-order valence-electron chi connectivity index (χ0n) is 11.4. The van der Waals surface area contributed by atoms with E-state index in [-0.39, 0.29) is 5.82 Å². The second kappa shape index (κ2) is 5.49. The van der Waals surface area contributed by atoms with E-state index in [4.69, 9.17) is 5.73 Å². The monoisotopic (exact) mass is 258 g/mol. The second-order valence-electron chi connectivity index (χ2n) is 5.01. The maximum atomic E-state index is 12.9. The number of benzene rings is 1. The van der Waals surface area contributed by atoms with E-state index in [1.54, 1.807) is 6.07 Å². The molecule has 1 aromatic carbocycles. The number of hydrogen-bond donors (Lipinski definition) is 1. The van der Waals surface area contributed by atoms with Gasteiger partial charge in [-0.3, -0.25) is 4.98 Å². The number of halogens is 1. The lowest BCUT2D eigenvalue weighted by molar-refractivity contribution is 0.567. The van der Waals surface area contributed by atoms with Crippen molar-refractivity contribution in [1.29, 1.82) is 0 Å². The summed E-state index contributed by atoms with van der Waals surface area (Å²) in [6.07, 6.45) is 3.33. The van der Waals surface area contributed by atoms with Gasteiger partial charge in [-0.05, 0) is 36.6 Å². The first kappa shape index (κ1) is 13.7. The molecule has 1 aromatic heterocycles. The van der Waals surface area contributed by atoms with Gasteiger partial charge in [0.05, 0.1) is 17.4 Å². The fourth-order valence-corrected chi connectivity index (χ4v) is 2.17. The molecule has 3 heteroatoms. The van der Waals surface area contributed by atoms with Crippen molar-refractivity contribution in [3.05, 3.63) is 65.2 Å². The average Bonchev–Trinajstić information content (AvgIpc) is 2.40. The summed E-state index contributed by atoms with van der Waals surface area (Å²) in [7, 11) is 0. The highest BCUT2D eigenvalue weighted by Crippen LogP contribution is 2.26. The van der Waals surface area contributed by atoms with Gasteiger partial charge in [0.1, 0.15) is 5.82 Å². The number of hydrogen-bond acceptors (Lipinski definition) is 2. The van der Waals surface area contributed by atoms with E-state index < -0.39 is 5.54 Å². The standard InChI is InChI=1S/C16H19FN2/c1-3-5-12-6-4-7-13(10-12)16(2,18)15-9-8-14(17)11-19-15/h4,6-11H,3,5,18H2,1-2H3. The fraction of sp³-hybridized carbons (Fsp3) is 0.312. The smallest absolute Gasteiger partial charge is 0.141 e. The van der Waals surface area contributed by atoms with Crippen molar-refractivity contribution in [2.75, 3.05) is 0 Å². The first-order valence-corrected chi connectivity index (χ1v) is 6.54. The van der Waals surface area contributed by atoms with Crippen LogP contribution in [0, 0.1) is 5.82 Å². The van der Waals surface area contributed by atoms with Crippen molar-refractivity contribution in [3.8, 4) is 0 Å². The van der Waals surface area contributed by atoms with E-state index in [0.29, 0.717) is 5.69 Å². The quantitative estimate of drug-likeness (QED) is 0.913. The highest BCUT2D eigenvalue weighted by Gasteiger charge is 2.25. The van der Waals surface area contributed by atoms with Crippen LogP contribution in [0.15, 0.2) is 42.6 Å². The van der Waals surface area contributed by atoms with Crippen LogP contribution in [0.25, 0.3) is 0 Å². The first-order valence-electron chi connectivity index (χ1n) is 6.54. The van der Waals surface area contributed by atoms with Crippen LogP contribution in [-0.4, -0.2) is 4.98 Å². The highest BCUT2D eigenvalue weighted by molar-refractivity contribution is 5.35. The minimum absolute atomic E-state index is 0.348. The molecule has 1 heterocycles. The SMILES string of the molecule is CCCc1cccc(C(C)(N)c2ccc(F)cn2)c1. The molecule has 1 unspecified atom stereocenters. The van der Waals surface area contributed by atoms with Crippen LogP contribution < -0.4 is 5.73 Å². The highest BCUT2D eigenvalue weighted by atomic mass is 19.1. The Kier molecular flexibility index (Phi) is 3.96. The molecule has 0 spiro atoms. The van der Waals surface area contributed by atoms with Crippen LogP contribution in [0.1, 0.15) is 37.1 Å². The van der Waals surface area contributed by atoms with Crippen molar-refractivity contribution >= 4 is 0 Å². The molecule has 0 fully saturated rings. The molecule has 2 rings (SSSR count). The summed E-state index contributed by atoms with van der Waals surface area (Å²) in [6.45, 7) is 4.05. The van der Waals surface area contributed by atoms with Gasteiger partial charge < -0.3 is 5.73 Å². The molecule has 0 aliphatic rings. The minimum atomic E-state index is -0.711. The van der Waals surface area contributed by atoms with Gasteiger partial charge >= 0.3 is 0 Å². The molecule has 0 radical (unpaired) electrons. The number of pyridine rings is 1. The van der Waals surface area contributed by atoms with Gasteiger partial charge in [-0.25, -0.2) is 4.39 Å². The average molecular weight is 258 g/mol. The number of nitrogens with zero attached hydrogens (tertiary/aromatic N) is 1. The second-order valence-corrected chi connectivity index (χ2v) is 5.01. The Bertz CT molecular complexity index is 547. The molecule has 100 valence electrons. The predicted molar refractivity (Wildman–Crippen MR) is 75.3 cm³/mol. The molecule has 2 N–H and O–H groups in total. The normalized spacial score (nSPS) is 14.1. The van der Waals surface area contributed by atoms with Gasteiger partial charge in [0.2, 0.25) is 0 Å².